The molecule has 0 radical (unpaired) electrons. The van der Waals surface area contributed by atoms with E-state index in [9.17, 15) is 15.2 Å². The number of fused-ring (bicyclic) bond motifs is 5. The van der Waals surface area contributed by atoms with Gasteiger partial charge in [0, 0.05) is 69.6 Å². The molecule has 2 aromatic heterocycles. The van der Waals surface area contributed by atoms with E-state index in [0.717, 1.165) is 59.2 Å². The van der Waals surface area contributed by atoms with E-state index in [1.54, 1.807) is 37.2 Å². The van der Waals surface area contributed by atoms with E-state index in [1.807, 2.05) is 48.5 Å². The van der Waals surface area contributed by atoms with Crippen molar-refractivity contribution >= 4 is 44.4 Å². The van der Waals surface area contributed by atoms with Gasteiger partial charge in [0.1, 0.15) is 22.6 Å². The fraction of sp³-hybridized carbons (Fsp3) is 0.349. The average Bonchev–Trinajstić information content (AvgIpc) is 3.87. The Bertz CT molecular complexity index is 2520. The zero-order chi connectivity index (χ0) is 37.4. The number of aromatic nitrogens is 3. The number of nitrogens with zero attached hydrogens (tertiary/aromatic N) is 7. The number of phenolic OH excluding ortho intramolecular Hbond substituents is 1. The van der Waals surface area contributed by atoms with E-state index in [4.69, 9.17) is 9.97 Å². The molecule has 2 N–H and O–H groups in total. The molecule has 4 fully saturated rings. The summed E-state index contributed by atoms with van der Waals surface area (Å²) >= 11 is 0. The Morgan fingerprint density at radius 3 is 2.50 bits per heavy atom. The number of hydrogen-bond donors (Lipinski definition) is 2. The molecule has 274 valence electrons. The monoisotopic (exact) mass is 722 g/mol. The molecule has 10 nitrogen and oxygen atoms in total. The number of imidazole rings is 1. The molecule has 4 aliphatic rings. The summed E-state index contributed by atoms with van der Waals surface area (Å²) in [5, 5.41) is 27.0. The lowest BCUT2D eigenvalue weighted by Gasteiger charge is -2.43. The highest BCUT2D eigenvalue weighted by Crippen LogP contribution is 2.49. The van der Waals surface area contributed by atoms with Crippen molar-refractivity contribution in [3.05, 3.63) is 95.1 Å². The molecular formula is C43H43FN8O2. The molecule has 11 heteroatoms. The number of nitriles is 1. The molecular weight excluding hydrogens is 680 g/mol. The van der Waals surface area contributed by atoms with Gasteiger partial charge >= 0.3 is 0 Å². The number of benzene rings is 4. The fourth-order valence-corrected chi connectivity index (χ4v) is 8.91. The minimum absolute atomic E-state index is 0.0237. The molecule has 3 saturated heterocycles. The predicted molar refractivity (Wildman–Crippen MR) is 209 cm³/mol. The number of carbonyl (C=O) groups is 1. The van der Waals surface area contributed by atoms with Crippen molar-refractivity contribution in [1.82, 2.24) is 29.7 Å². The van der Waals surface area contributed by atoms with E-state index < -0.39 is 5.82 Å². The van der Waals surface area contributed by atoms with E-state index in [1.165, 1.54) is 0 Å². The predicted octanol–water partition coefficient (Wildman–Crippen LogP) is 6.02. The van der Waals surface area contributed by atoms with Gasteiger partial charge in [0.25, 0.3) is 0 Å². The zero-order valence-corrected chi connectivity index (χ0v) is 31.0. The van der Waals surface area contributed by atoms with Gasteiger partial charge in [-0.2, -0.15) is 5.26 Å². The second-order valence-corrected chi connectivity index (χ2v) is 15.6. The van der Waals surface area contributed by atoms with Gasteiger partial charge in [0.15, 0.2) is 11.6 Å². The molecule has 3 atom stereocenters. The normalized spacial score (nSPS) is 19.4. The quantitative estimate of drug-likeness (QED) is 0.187. The molecule has 1 saturated carbocycles. The fourth-order valence-electron chi connectivity index (χ4n) is 8.91. The van der Waals surface area contributed by atoms with Crippen molar-refractivity contribution in [2.45, 2.75) is 43.8 Å². The lowest BCUT2D eigenvalue weighted by atomic mass is 9.79. The highest BCUT2D eigenvalue weighted by molar-refractivity contribution is 6.10. The first-order valence-corrected chi connectivity index (χ1v) is 18.7. The number of phenols is 1. The molecule has 1 aliphatic carbocycles. The molecule has 10 rings (SSSR count). The van der Waals surface area contributed by atoms with Crippen LogP contribution in [0.15, 0.2) is 66.7 Å². The summed E-state index contributed by atoms with van der Waals surface area (Å²) < 4.78 is 20.4. The van der Waals surface area contributed by atoms with Crippen molar-refractivity contribution in [2.75, 3.05) is 52.7 Å². The number of amides is 1. The summed E-state index contributed by atoms with van der Waals surface area (Å²) in [6.07, 6.45) is 2.09. The second-order valence-electron chi connectivity index (χ2n) is 15.6. The van der Waals surface area contributed by atoms with Crippen LogP contribution >= 0.6 is 0 Å². The van der Waals surface area contributed by atoms with Crippen LogP contribution < -0.4 is 10.2 Å². The topological polar surface area (TPSA) is 114 Å². The number of likely N-dealkylation sites (N-methyl/N-ethyl adjacent to an activating group) is 1. The molecule has 6 aromatic rings. The lowest BCUT2D eigenvalue weighted by Crippen LogP contribution is -2.57. The number of aromatic hydroxyl groups is 1. The maximum Gasteiger partial charge on any atom is 0.222 e. The summed E-state index contributed by atoms with van der Waals surface area (Å²) in [6, 6.07) is 23.5. The number of aryl methyl sites for hydroxylation is 1. The van der Waals surface area contributed by atoms with Crippen LogP contribution in [0, 0.1) is 23.1 Å². The van der Waals surface area contributed by atoms with Crippen LogP contribution in [0.4, 0.5) is 10.2 Å². The van der Waals surface area contributed by atoms with Gasteiger partial charge in [-0.3, -0.25) is 4.79 Å². The summed E-state index contributed by atoms with van der Waals surface area (Å²) in [6.45, 7) is 2.36. The number of rotatable bonds is 9. The first-order valence-electron chi connectivity index (χ1n) is 18.7. The van der Waals surface area contributed by atoms with E-state index in [0.29, 0.717) is 58.3 Å². The Morgan fingerprint density at radius 2 is 1.78 bits per heavy atom. The van der Waals surface area contributed by atoms with Crippen LogP contribution in [-0.4, -0.2) is 95.3 Å². The smallest absolute Gasteiger partial charge is 0.222 e. The van der Waals surface area contributed by atoms with Crippen LogP contribution in [0.2, 0.25) is 0 Å². The van der Waals surface area contributed by atoms with Crippen LogP contribution in [0.25, 0.3) is 43.8 Å². The third kappa shape index (κ3) is 5.46. The SMILES string of the molecule is CN(C)C(=O)CCc1nc2c(N3CC(N(C)C)C3)nc3c(F)c(-c4cc(O)cc5ccccc45)c(Cc4ccccc4C#N)cc3c2n1C1C2CNC1C2. The van der Waals surface area contributed by atoms with Crippen LogP contribution in [0.1, 0.15) is 41.4 Å². The van der Waals surface area contributed by atoms with Crippen LogP contribution in [-0.2, 0) is 17.6 Å². The summed E-state index contributed by atoms with van der Waals surface area (Å²) in [5.41, 5.74) is 4.68. The van der Waals surface area contributed by atoms with Gasteiger partial charge in [-0.05, 0) is 84.6 Å². The second kappa shape index (κ2) is 13.1. The number of anilines is 1. The molecule has 4 aromatic carbocycles. The largest absolute Gasteiger partial charge is 0.508 e. The maximum atomic E-state index is 18.1. The molecule has 2 bridgehead atoms. The molecule has 3 aliphatic heterocycles. The van der Waals surface area contributed by atoms with Gasteiger partial charge in [0.05, 0.1) is 23.2 Å². The first-order chi connectivity index (χ1) is 26.1. The first kappa shape index (κ1) is 34.2. The maximum absolute atomic E-state index is 18.1. The zero-order valence-electron chi connectivity index (χ0n) is 31.0. The highest BCUT2D eigenvalue weighted by atomic mass is 19.1. The minimum Gasteiger partial charge on any atom is -0.508 e. The Hall–Kier alpha value is -5.57. The summed E-state index contributed by atoms with van der Waals surface area (Å²) in [5.74, 6) is 1.43. The van der Waals surface area contributed by atoms with E-state index in [-0.39, 0.29) is 35.7 Å². The van der Waals surface area contributed by atoms with Gasteiger partial charge < -0.3 is 29.7 Å². The Labute approximate surface area is 313 Å². The Morgan fingerprint density at radius 1 is 1.00 bits per heavy atom. The number of hydrogen-bond acceptors (Lipinski definition) is 8. The van der Waals surface area contributed by atoms with Crippen LogP contribution in [0.5, 0.6) is 5.75 Å². The molecule has 1 amide bonds. The van der Waals surface area contributed by atoms with Gasteiger partial charge in [-0.15, -0.1) is 0 Å². The standard InChI is InChI=1S/C43H43FN8O2/c1-49(2)29-22-51(23-29)43-40-42(52(41-28-18-34(41)46-21-28)35(47-40)13-14-36(54)50(3)4)33-17-27(15-24-9-5-6-11-26(24)20-45)37(38(44)39(33)48-43)32-19-30(53)16-25-10-7-8-12-31(25)32/h5-12,16-17,19,28-29,34,41,46,53H,13-15,18,21-23H2,1-4H3. The minimum atomic E-state index is -0.479. The van der Waals surface area contributed by atoms with Crippen molar-refractivity contribution in [1.29, 1.82) is 5.26 Å². The Balaban J connectivity index is 1.36. The van der Waals surface area contributed by atoms with Gasteiger partial charge in [0.2, 0.25) is 5.91 Å². The van der Waals surface area contributed by atoms with Crippen molar-refractivity contribution in [3.8, 4) is 22.9 Å². The number of carbonyl (C=O) groups excluding carboxylic acids is 1. The van der Waals surface area contributed by atoms with E-state index in [2.05, 4.69) is 39.8 Å². The molecule has 54 heavy (non-hydrogen) atoms. The van der Waals surface area contributed by atoms with Crippen molar-refractivity contribution < 1.29 is 14.3 Å². The third-order valence-electron chi connectivity index (χ3n) is 12.0. The third-order valence-corrected chi connectivity index (χ3v) is 12.0. The van der Waals surface area contributed by atoms with Crippen LogP contribution in [0.3, 0.4) is 0 Å². The van der Waals surface area contributed by atoms with Crippen molar-refractivity contribution in [3.63, 3.8) is 0 Å². The number of halogens is 1. The molecule has 0 spiro atoms. The average molecular weight is 723 g/mol. The number of pyridine rings is 1. The van der Waals surface area contributed by atoms with Gasteiger partial charge in [-0.1, -0.05) is 42.5 Å². The number of nitrogens with one attached hydrogen (secondary N) is 1. The lowest BCUT2D eigenvalue weighted by molar-refractivity contribution is -0.128. The van der Waals surface area contributed by atoms with Gasteiger partial charge in [-0.25, -0.2) is 14.4 Å². The Kier molecular flexibility index (Phi) is 8.28. The summed E-state index contributed by atoms with van der Waals surface area (Å²) in [4.78, 5) is 29.4. The summed E-state index contributed by atoms with van der Waals surface area (Å²) in [7, 11) is 7.67. The molecule has 5 heterocycles. The highest BCUT2D eigenvalue weighted by Gasteiger charge is 2.49. The molecule has 3 unspecified atom stereocenters. The van der Waals surface area contributed by atoms with Crippen molar-refractivity contribution in [2.24, 2.45) is 5.92 Å². The van der Waals surface area contributed by atoms with E-state index >= 15 is 4.39 Å².